The van der Waals surface area contributed by atoms with Crippen molar-refractivity contribution >= 4 is 10.9 Å². The number of fused-ring (bicyclic) bond motifs is 1. The molecule has 0 unspecified atom stereocenters. The van der Waals surface area contributed by atoms with E-state index in [1.54, 1.807) is 0 Å². The third-order valence-corrected chi connectivity index (χ3v) is 4.59. The Hall–Kier alpha value is -1.32. The first kappa shape index (κ1) is 13.7. The smallest absolute Gasteiger partial charge is 0.0457 e. The van der Waals surface area contributed by atoms with Crippen molar-refractivity contribution in [3.05, 3.63) is 36.0 Å². The second-order valence-corrected chi connectivity index (χ2v) is 5.86. The zero-order valence-electron chi connectivity index (χ0n) is 12.4. The van der Waals surface area contributed by atoms with Crippen LogP contribution in [0.1, 0.15) is 25.3 Å². The summed E-state index contributed by atoms with van der Waals surface area (Å²) in [5.74, 6) is 0.850. The number of hydrogen-bond donors (Lipinski definition) is 2. The van der Waals surface area contributed by atoms with Gasteiger partial charge in [-0.1, -0.05) is 19.1 Å². The fraction of sp³-hybridized carbons (Fsp3) is 0.529. The SMILES string of the molecule is CCN1CCC(CNCc2cccc3[nH]ccc23)CC1. The van der Waals surface area contributed by atoms with Crippen LogP contribution in [-0.2, 0) is 6.54 Å². The number of H-pyrrole nitrogens is 1. The van der Waals surface area contributed by atoms with Gasteiger partial charge >= 0.3 is 0 Å². The second kappa shape index (κ2) is 6.42. The van der Waals surface area contributed by atoms with Crippen molar-refractivity contribution in [2.24, 2.45) is 5.92 Å². The first-order chi connectivity index (χ1) is 9.86. The highest BCUT2D eigenvalue weighted by Crippen LogP contribution is 2.18. The molecule has 0 bridgehead atoms. The molecule has 3 rings (SSSR count). The lowest BCUT2D eigenvalue weighted by Gasteiger charge is -2.31. The number of nitrogens with zero attached hydrogens (tertiary/aromatic N) is 1. The predicted octanol–water partition coefficient (Wildman–Crippen LogP) is 2.99. The zero-order chi connectivity index (χ0) is 13.8. The molecule has 0 atom stereocenters. The van der Waals surface area contributed by atoms with Crippen molar-refractivity contribution in [3.63, 3.8) is 0 Å². The Morgan fingerprint density at radius 3 is 2.90 bits per heavy atom. The third-order valence-electron chi connectivity index (χ3n) is 4.59. The molecule has 1 aliphatic heterocycles. The summed E-state index contributed by atoms with van der Waals surface area (Å²) in [6.45, 7) is 8.14. The first-order valence-electron chi connectivity index (χ1n) is 7.85. The van der Waals surface area contributed by atoms with Crippen molar-refractivity contribution in [3.8, 4) is 0 Å². The summed E-state index contributed by atoms with van der Waals surface area (Å²) in [6, 6.07) is 8.67. The van der Waals surface area contributed by atoms with E-state index in [0.29, 0.717) is 0 Å². The molecule has 20 heavy (non-hydrogen) atoms. The van der Waals surface area contributed by atoms with Crippen LogP contribution in [0, 0.1) is 5.92 Å². The average molecular weight is 271 g/mol. The first-order valence-corrected chi connectivity index (χ1v) is 7.85. The molecule has 0 saturated carbocycles. The van der Waals surface area contributed by atoms with Crippen LogP contribution in [0.4, 0.5) is 0 Å². The van der Waals surface area contributed by atoms with Crippen LogP contribution in [0.2, 0.25) is 0 Å². The van der Waals surface area contributed by atoms with E-state index in [9.17, 15) is 0 Å². The average Bonchev–Trinajstić information content (AvgIpc) is 2.97. The maximum absolute atomic E-state index is 3.65. The van der Waals surface area contributed by atoms with E-state index in [0.717, 1.165) is 19.0 Å². The fourth-order valence-electron chi connectivity index (χ4n) is 3.22. The third kappa shape index (κ3) is 3.05. The Morgan fingerprint density at radius 2 is 2.10 bits per heavy atom. The highest BCUT2D eigenvalue weighted by Gasteiger charge is 2.17. The molecule has 3 heteroatoms. The Labute approximate surface area is 121 Å². The van der Waals surface area contributed by atoms with Gasteiger partial charge in [0, 0.05) is 23.6 Å². The minimum Gasteiger partial charge on any atom is -0.361 e. The maximum Gasteiger partial charge on any atom is 0.0457 e. The molecule has 1 fully saturated rings. The lowest BCUT2D eigenvalue weighted by Crippen LogP contribution is -2.36. The van der Waals surface area contributed by atoms with Gasteiger partial charge in [0.05, 0.1) is 0 Å². The summed E-state index contributed by atoms with van der Waals surface area (Å²) in [6.07, 6.45) is 4.71. The van der Waals surface area contributed by atoms with Crippen molar-refractivity contribution in [1.82, 2.24) is 15.2 Å². The molecule has 2 heterocycles. The number of likely N-dealkylation sites (tertiary alicyclic amines) is 1. The molecule has 0 spiro atoms. The number of piperidine rings is 1. The van der Waals surface area contributed by atoms with Gasteiger partial charge in [0.15, 0.2) is 0 Å². The van der Waals surface area contributed by atoms with Crippen LogP contribution in [0.25, 0.3) is 10.9 Å². The van der Waals surface area contributed by atoms with Crippen molar-refractivity contribution < 1.29 is 0 Å². The molecule has 0 aliphatic carbocycles. The number of hydrogen-bond acceptors (Lipinski definition) is 2. The summed E-state index contributed by atoms with van der Waals surface area (Å²) in [5.41, 5.74) is 2.63. The molecule has 1 aromatic carbocycles. The van der Waals surface area contributed by atoms with Gasteiger partial charge in [0.2, 0.25) is 0 Å². The van der Waals surface area contributed by atoms with Gasteiger partial charge < -0.3 is 15.2 Å². The Balaban J connectivity index is 1.49. The molecule has 2 aromatic rings. The van der Waals surface area contributed by atoms with Gasteiger partial charge in [0.1, 0.15) is 0 Å². The van der Waals surface area contributed by atoms with E-state index in [-0.39, 0.29) is 0 Å². The summed E-state index contributed by atoms with van der Waals surface area (Å²) in [5, 5.41) is 5.00. The molecule has 0 amide bonds. The highest BCUT2D eigenvalue weighted by atomic mass is 15.1. The maximum atomic E-state index is 3.65. The standard InChI is InChI=1S/C17H25N3/c1-2-20-10-7-14(8-11-20)12-18-13-15-4-3-5-17-16(15)6-9-19-17/h3-6,9,14,18-19H,2,7-8,10-13H2,1H3. The van der Waals surface area contributed by atoms with Crippen LogP contribution in [0.3, 0.4) is 0 Å². The minimum atomic E-state index is 0.850. The Bertz CT molecular complexity index is 538. The minimum absolute atomic E-state index is 0.850. The van der Waals surface area contributed by atoms with Gasteiger partial charge in [0.25, 0.3) is 0 Å². The number of aromatic amines is 1. The van der Waals surface area contributed by atoms with Gasteiger partial charge in [-0.3, -0.25) is 0 Å². The lowest BCUT2D eigenvalue weighted by atomic mass is 9.96. The molecule has 3 nitrogen and oxygen atoms in total. The lowest BCUT2D eigenvalue weighted by molar-refractivity contribution is 0.190. The van der Waals surface area contributed by atoms with Gasteiger partial charge in [-0.2, -0.15) is 0 Å². The van der Waals surface area contributed by atoms with Crippen LogP contribution < -0.4 is 5.32 Å². The normalized spacial score (nSPS) is 17.9. The zero-order valence-corrected chi connectivity index (χ0v) is 12.4. The monoisotopic (exact) mass is 271 g/mol. The van der Waals surface area contributed by atoms with E-state index in [1.807, 2.05) is 6.20 Å². The van der Waals surface area contributed by atoms with Crippen molar-refractivity contribution in [2.45, 2.75) is 26.3 Å². The highest BCUT2D eigenvalue weighted by molar-refractivity contribution is 5.82. The Morgan fingerprint density at radius 1 is 1.25 bits per heavy atom. The molecule has 0 radical (unpaired) electrons. The number of aromatic nitrogens is 1. The topological polar surface area (TPSA) is 31.1 Å². The quantitative estimate of drug-likeness (QED) is 0.876. The van der Waals surface area contributed by atoms with Crippen molar-refractivity contribution in [1.29, 1.82) is 0 Å². The largest absolute Gasteiger partial charge is 0.361 e. The summed E-state index contributed by atoms with van der Waals surface area (Å²) in [4.78, 5) is 5.83. The molecule has 1 aliphatic rings. The van der Waals surface area contributed by atoms with Crippen LogP contribution in [-0.4, -0.2) is 36.1 Å². The molecule has 2 N–H and O–H groups in total. The van der Waals surface area contributed by atoms with Crippen LogP contribution >= 0.6 is 0 Å². The molecule has 1 aromatic heterocycles. The fourth-order valence-corrected chi connectivity index (χ4v) is 3.22. The van der Waals surface area contributed by atoms with Crippen LogP contribution in [0.5, 0.6) is 0 Å². The number of benzene rings is 1. The van der Waals surface area contributed by atoms with E-state index >= 15 is 0 Å². The van der Waals surface area contributed by atoms with Gasteiger partial charge in [-0.25, -0.2) is 0 Å². The van der Waals surface area contributed by atoms with E-state index in [4.69, 9.17) is 0 Å². The molecular weight excluding hydrogens is 246 g/mol. The van der Waals surface area contributed by atoms with E-state index in [1.165, 1.54) is 48.9 Å². The molecular formula is C17H25N3. The molecule has 108 valence electrons. The van der Waals surface area contributed by atoms with Crippen molar-refractivity contribution in [2.75, 3.05) is 26.2 Å². The van der Waals surface area contributed by atoms with Gasteiger partial charge in [-0.15, -0.1) is 0 Å². The van der Waals surface area contributed by atoms with E-state index < -0.39 is 0 Å². The summed E-state index contributed by atoms with van der Waals surface area (Å²) >= 11 is 0. The van der Waals surface area contributed by atoms with Crippen LogP contribution in [0.15, 0.2) is 30.5 Å². The molecule has 1 saturated heterocycles. The van der Waals surface area contributed by atoms with Gasteiger partial charge in [-0.05, 0) is 62.6 Å². The predicted molar refractivity (Wildman–Crippen MR) is 84.8 cm³/mol. The number of rotatable bonds is 5. The summed E-state index contributed by atoms with van der Waals surface area (Å²) < 4.78 is 0. The van der Waals surface area contributed by atoms with E-state index in [2.05, 4.69) is 46.4 Å². The Kier molecular flexibility index (Phi) is 4.38. The number of nitrogens with one attached hydrogen (secondary N) is 2. The second-order valence-electron chi connectivity index (χ2n) is 5.86. The summed E-state index contributed by atoms with van der Waals surface area (Å²) in [7, 11) is 0.